The van der Waals surface area contributed by atoms with E-state index in [1.54, 1.807) is 0 Å². The van der Waals surface area contributed by atoms with Gasteiger partial charge in [0.1, 0.15) is 5.60 Å². The molecular formula is C23H38N2O6. The van der Waals surface area contributed by atoms with Gasteiger partial charge in [-0.2, -0.15) is 0 Å². The van der Waals surface area contributed by atoms with E-state index in [1.807, 2.05) is 39.0 Å². The van der Waals surface area contributed by atoms with Crippen LogP contribution in [0.15, 0.2) is 30.3 Å². The third-order valence-electron chi connectivity index (χ3n) is 3.94. The third-order valence-corrected chi connectivity index (χ3v) is 3.94. The molecule has 0 radical (unpaired) electrons. The van der Waals surface area contributed by atoms with E-state index in [0.29, 0.717) is 59.2 Å². The molecule has 8 nitrogen and oxygen atoms in total. The maximum Gasteiger partial charge on any atom is 0.407 e. The van der Waals surface area contributed by atoms with Crippen LogP contribution in [-0.2, 0) is 30.2 Å². The van der Waals surface area contributed by atoms with Crippen LogP contribution in [0.2, 0.25) is 0 Å². The lowest BCUT2D eigenvalue weighted by Gasteiger charge is -2.19. The van der Waals surface area contributed by atoms with Crippen LogP contribution in [0.1, 0.15) is 39.2 Å². The number of benzene rings is 1. The third kappa shape index (κ3) is 17.2. The summed E-state index contributed by atoms with van der Waals surface area (Å²) in [5, 5.41) is 5.48. The Balaban J connectivity index is 1.80. The molecular weight excluding hydrogens is 400 g/mol. The summed E-state index contributed by atoms with van der Waals surface area (Å²) in [4.78, 5) is 23.2. The number of ether oxygens (including phenoxy) is 4. The summed E-state index contributed by atoms with van der Waals surface area (Å²) in [6.07, 6.45) is 1.81. The van der Waals surface area contributed by atoms with Gasteiger partial charge in [0.05, 0.1) is 39.6 Å². The smallest absolute Gasteiger partial charge is 0.407 e. The molecule has 8 heteroatoms. The van der Waals surface area contributed by atoms with Crippen LogP contribution in [0.5, 0.6) is 0 Å². The number of hydrogen-bond donors (Lipinski definition) is 2. The fourth-order valence-corrected chi connectivity index (χ4v) is 2.53. The van der Waals surface area contributed by atoms with Gasteiger partial charge in [-0.15, -0.1) is 0 Å². The molecule has 1 rings (SSSR count). The van der Waals surface area contributed by atoms with Crippen LogP contribution in [-0.4, -0.2) is 70.3 Å². The van der Waals surface area contributed by atoms with Gasteiger partial charge in [0.25, 0.3) is 0 Å². The number of nitrogens with one attached hydrogen (secondary N) is 2. The molecule has 0 aliphatic carbocycles. The molecule has 2 amide bonds. The van der Waals surface area contributed by atoms with Crippen LogP contribution in [0, 0.1) is 0 Å². The van der Waals surface area contributed by atoms with Crippen molar-refractivity contribution in [3.63, 3.8) is 0 Å². The Kier molecular flexibility index (Phi) is 14.3. The van der Waals surface area contributed by atoms with E-state index in [4.69, 9.17) is 18.9 Å². The zero-order chi connectivity index (χ0) is 22.8. The highest BCUT2D eigenvalue weighted by molar-refractivity contribution is 5.75. The SMILES string of the molecule is CC(C)(C)OC(=O)NCCOCCOCCOCCNC(=O)CCCc1ccccc1. The molecule has 0 aromatic heterocycles. The van der Waals surface area contributed by atoms with E-state index in [1.165, 1.54) is 5.56 Å². The van der Waals surface area contributed by atoms with Gasteiger partial charge in [-0.05, 0) is 39.2 Å². The van der Waals surface area contributed by atoms with Crippen molar-refractivity contribution in [2.75, 3.05) is 52.7 Å². The largest absolute Gasteiger partial charge is 0.444 e. The maximum absolute atomic E-state index is 11.8. The van der Waals surface area contributed by atoms with E-state index in [-0.39, 0.29) is 5.91 Å². The van der Waals surface area contributed by atoms with Gasteiger partial charge in [-0.3, -0.25) is 4.79 Å². The van der Waals surface area contributed by atoms with Gasteiger partial charge >= 0.3 is 6.09 Å². The first-order valence-corrected chi connectivity index (χ1v) is 10.9. The molecule has 0 saturated carbocycles. The summed E-state index contributed by atoms with van der Waals surface area (Å²) >= 11 is 0. The normalized spacial score (nSPS) is 11.2. The van der Waals surface area contributed by atoms with Crippen molar-refractivity contribution in [2.24, 2.45) is 0 Å². The van der Waals surface area contributed by atoms with Gasteiger partial charge in [0.15, 0.2) is 0 Å². The van der Waals surface area contributed by atoms with E-state index in [2.05, 4.69) is 22.8 Å². The van der Waals surface area contributed by atoms with Gasteiger partial charge in [0.2, 0.25) is 5.91 Å². The average molecular weight is 439 g/mol. The first-order chi connectivity index (χ1) is 14.9. The van der Waals surface area contributed by atoms with Crippen LogP contribution >= 0.6 is 0 Å². The highest BCUT2D eigenvalue weighted by Crippen LogP contribution is 2.06. The minimum absolute atomic E-state index is 0.0501. The summed E-state index contributed by atoms with van der Waals surface area (Å²) in [6, 6.07) is 10.2. The van der Waals surface area contributed by atoms with E-state index < -0.39 is 11.7 Å². The molecule has 0 unspecified atom stereocenters. The molecule has 1 aromatic carbocycles. The van der Waals surface area contributed by atoms with E-state index in [0.717, 1.165) is 12.8 Å². The summed E-state index contributed by atoms with van der Waals surface area (Å²) in [5.41, 5.74) is 0.746. The Bertz CT molecular complexity index is 604. The molecule has 0 heterocycles. The predicted octanol–water partition coefficient (Wildman–Crippen LogP) is 2.70. The number of rotatable bonds is 16. The second kappa shape index (κ2) is 16.5. The fraction of sp³-hybridized carbons (Fsp3) is 0.652. The lowest BCUT2D eigenvalue weighted by molar-refractivity contribution is -0.121. The number of carbonyl (C=O) groups excluding carboxylic acids is 2. The van der Waals surface area contributed by atoms with Gasteiger partial charge in [0, 0.05) is 19.5 Å². The lowest BCUT2D eigenvalue weighted by Crippen LogP contribution is -2.34. The molecule has 0 bridgehead atoms. The van der Waals surface area contributed by atoms with Crippen molar-refractivity contribution in [2.45, 2.75) is 45.6 Å². The maximum atomic E-state index is 11.8. The second-order valence-corrected chi connectivity index (χ2v) is 7.95. The summed E-state index contributed by atoms with van der Waals surface area (Å²) in [6.45, 7) is 8.99. The first kappa shape index (κ1) is 26.9. The fourth-order valence-electron chi connectivity index (χ4n) is 2.53. The van der Waals surface area contributed by atoms with Gasteiger partial charge < -0.3 is 29.6 Å². The van der Waals surface area contributed by atoms with E-state index >= 15 is 0 Å². The Labute approximate surface area is 186 Å². The van der Waals surface area contributed by atoms with Gasteiger partial charge in [-0.1, -0.05) is 30.3 Å². The zero-order valence-corrected chi connectivity index (χ0v) is 19.1. The van der Waals surface area contributed by atoms with Gasteiger partial charge in [-0.25, -0.2) is 4.79 Å². The van der Waals surface area contributed by atoms with Crippen molar-refractivity contribution < 1.29 is 28.5 Å². The van der Waals surface area contributed by atoms with Crippen LogP contribution in [0.25, 0.3) is 0 Å². The Hall–Kier alpha value is -2.16. The highest BCUT2D eigenvalue weighted by Gasteiger charge is 2.15. The molecule has 31 heavy (non-hydrogen) atoms. The molecule has 1 aromatic rings. The average Bonchev–Trinajstić information content (AvgIpc) is 2.71. The molecule has 0 atom stereocenters. The molecule has 0 aliphatic rings. The standard InChI is InChI=1S/C23H38N2O6/c1-23(2,3)31-22(27)25-13-15-29-17-19-30-18-16-28-14-12-24-21(26)11-7-10-20-8-5-4-6-9-20/h4-6,8-9H,7,10-19H2,1-3H3,(H,24,26)(H,25,27). The molecule has 0 saturated heterocycles. The highest BCUT2D eigenvalue weighted by atomic mass is 16.6. The second-order valence-electron chi connectivity index (χ2n) is 7.95. The van der Waals surface area contributed by atoms with Crippen LogP contribution in [0.3, 0.4) is 0 Å². The lowest BCUT2D eigenvalue weighted by atomic mass is 10.1. The van der Waals surface area contributed by atoms with Crippen molar-refractivity contribution in [1.82, 2.24) is 10.6 Å². The molecule has 2 N–H and O–H groups in total. The number of amides is 2. The monoisotopic (exact) mass is 438 g/mol. The summed E-state index contributed by atoms with van der Waals surface area (Å²) in [7, 11) is 0. The summed E-state index contributed by atoms with van der Waals surface area (Å²) in [5.74, 6) is 0.0501. The molecule has 176 valence electrons. The molecule has 0 fully saturated rings. The van der Waals surface area contributed by atoms with Crippen LogP contribution in [0.4, 0.5) is 4.79 Å². The number of aryl methyl sites for hydroxylation is 1. The number of alkyl carbamates (subject to hydrolysis) is 1. The van der Waals surface area contributed by atoms with Crippen molar-refractivity contribution in [3.8, 4) is 0 Å². The quantitative estimate of drug-likeness (QED) is 0.385. The topological polar surface area (TPSA) is 95.1 Å². The Morgan fingerprint density at radius 2 is 1.35 bits per heavy atom. The minimum atomic E-state index is -0.505. The van der Waals surface area contributed by atoms with Crippen LogP contribution < -0.4 is 10.6 Å². The Morgan fingerprint density at radius 1 is 0.806 bits per heavy atom. The van der Waals surface area contributed by atoms with E-state index in [9.17, 15) is 9.59 Å². The van der Waals surface area contributed by atoms with Crippen molar-refractivity contribution >= 4 is 12.0 Å². The Morgan fingerprint density at radius 3 is 1.94 bits per heavy atom. The van der Waals surface area contributed by atoms with Crippen molar-refractivity contribution in [1.29, 1.82) is 0 Å². The predicted molar refractivity (Wildman–Crippen MR) is 119 cm³/mol. The van der Waals surface area contributed by atoms with Crippen molar-refractivity contribution in [3.05, 3.63) is 35.9 Å². The minimum Gasteiger partial charge on any atom is -0.444 e. The molecule has 0 spiro atoms. The first-order valence-electron chi connectivity index (χ1n) is 10.9. The zero-order valence-electron chi connectivity index (χ0n) is 19.1. The molecule has 0 aliphatic heterocycles. The number of carbonyl (C=O) groups is 2. The number of hydrogen-bond acceptors (Lipinski definition) is 6. The summed E-state index contributed by atoms with van der Waals surface area (Å²) < 4.78 is 21.3.